The van der Waals surface area contributed by atoms with Gasteiger partial charge in [0.25, 0.3) is 11.8 Å². The number of nitrogens with zero attached hydrogens (tertiary/aromatic N) is 4. The summed E-state index contributed by atoms with van der Waals surface area (Å²) in [6.45, 7) is 12.4. The molecule has 4 aliphatic heterocycles. The van der Waals surface area contributed by atoms with Crippen LogP contribution in [0.3, 0.4) is 0 Å². The van der Waals surface area contributed by atoms with Crippen LogP contribution in [0.5, 0.6) is 17.2 Å². The number of anilines is 5. The van der Waals surface area contributed by atoms with E-state index in [4.69, 9.17) is 14.2 Å². The molecule has 9 rings (SSSR count). The topological polar surface area (TPSA) is 104 Å². The standard InChI is InChI=1S/C53H59N5O6S/c1-32(2)65-53(4,5)18-17-50(59)54-38-21-34(30-63-47-26-45-41(19-33(47)3)51(60)57-39(28-55(45)6)23-36-13-9-11-15-43(36)57)20-35(22-38)31-64-49-27-46-42(25-48(49)62-8)52(61)58-40(29-56(46)7)24-37-14-10-12-16-44(37)58/h9-16,19-22,25-27,32,39-40H,17-18,23-24,28-31H2,1-8H3,(H,54,59)/t39-,40-/m0/s1. The number of rotatable bonds is 13. The highest BCUT2D eigenvalue weighted by atomic mass is 32.2. The third kappa shape index (κ3) is 8.85. The fourth-order valence-corrected chi connectivity index (χ4v) is 11.6. The van der Waals surface area contributed by atoms with Gasteiger partial charge in [-0.3, -0.25) is 14.4 Å². The number of hydrogen-bond acceptors (Lipinski definition) is 9. The first-order chi connectivity index (χ1) is 31.2. The van der Waals surface area contributed by atoms with Gasteiger partial charge in [-0.05, 0) is 102 Å². The number of para-hydroxylation sites is 2. The van der Waals surface area contributed by atoms with Gasteiger partial charge in [-0.2, -0.15) is 11.8 Å². The Balaban J connectivity index is 0.973. The highest BCUT2D eigenvalue weighted by Crippen LogP contribution is 2.43. The Morgan fingerprint density at radius 2 is 1.25 bits per heavy atom. The molecular formula is C53H59N5O6S. The lowest BCUT2D eigenvalue weighted by Crippen LogP contribution is -2.41. The molecule has 0 radical (unpaired) electrons. The molecular weight excluding hydrogens is 835 g/mol. The predicted molar refractivity (Wildman–Crippen MR) is 262 cm³/mol. The molecule has 0 bridgehead atoms. The normalized spacial score (nSPS) is 17.4. The zero-order valence-corrected chi connectivity index (χ0v) is 39.5. The number of benzene rings is 5. The van der Waals surface area contributed by atoms with Crippen LogP contribution in [0, 0.1) is 6.92 Å². The molecule has 5 aromatic rings. The van der Waals surface area contributed by atoms with Crippen molar-refractivity contribution in [2.45, 2.75) is 95.6 Å². The second-order valence-electron chi connectivity index (χ2n) is 18.8. The Morgan fingerprint density at radius 1 is 0.723 bits per heavy atom. The van der Waals surface area contributed by atoms with Crippen LogP contribution >= 0.6 is 11.8 Å². The number of carbonyl (C=O) groups is 3. The Morgan fingerprint density at radius 3 is 1.80 bits per heavy atom. The van der Waals surface area contributed by atoms with Crippen molar-refractivity contribution >= 4 is 57.9 Å². The highest BCUT2D eigenvalue weighted by molar-refractivity contribution is 8.01. The quantitative estimate of drug-likeness (QED) is 0.124. The van der Waals surface area contributed by atoms with Crippen LogP contribution in [-0.4, -0.2) is 74.1 Å². The summed E-state index contributed by atoms with van der Waals surface area (Å²) in [5.41, 5.74) is 10.3. The van der Waals surface area contributed by atoms with Gasteiger partial charge in [-0.15, -0.1) is 0 Å². The first-order valence-electron chi connectivity index (χ1n) is 22.6. The van der Waals surface area contributed by atoms with E-state index in [0.717, 1.165) is 58.7 Å². The number of hydrogen-bond donors (Lipinski definition) is 1. The molecule has 4 aliphatic rings. The number of fused-ring (bicyclic) bond motifs is 8. The van der Waals surface area contributed by atoms with Gasteiger partial charge < -0.3 is 39.1 Å². The number of likely N-dealkylation sites (N-methyl/N-ethyl adjacent to an activating group) is 2. The molecule has 0 unspecified atom stereocenters. The van der Waals surface area contributed by atoms with Crippen molar-refractivity contribution in [3.05, 3.63) is 130 Å². The molecule has 2 atom stereocenters. The van der Waals surface area contributed by atoms with Gasteiger partial charge in [0.15, 0.2) is 11.5 Å². The van der Waals surface area contributed by atoms with Crippen LogP contribution in [0.4, 0.5) is 28.4 Å². The average Bonchev–Trinajstić information content (AvgIpc) is 3.77. The SMILES string of the molecule is COc1cc2c(cc1OCc1cc(COc3cc4c(cc3C)C(=O)N3c5ccccc5C[C@H]3CN4C)cc(NC(=O)CCC(C)(C)SC(C)C)c1)N(C)C[C@@H]1Cc3ccccc3N1C2=O. The van der Waals surface area contributed by atoms with Gasteiger partial charge in [-0.25, -0.2) is 0 Å². The van der Waals surface area contributed by atoms with Crippen molar-refractivity contribution in [3.8, 4) is 17.2 Å². The first-order valence-corrected chi connectivity index (χ1v) is 23.5. The van der Waals surface area contributed by atoms with Crippen molar-refractivity contribution < 1.29 is 28.6 Å². The van der Waals surface area contributed by atoms with Gasteiger partial charge in [0.2, 0.25) is 5.91 Å². The summed E-state index contributed by atoms with van der Waals surface area (Å²) in [5.74, 6) is 1.53. The van der Waals surface area contributed by atoms with Crippen LogP contribution in [0.2, 0.25) is 0 Å². The molecule has 0 fully saturated rings. The maximum Gasteiger partial charge on any atom is 0.260 e. The number of aryl methyl sites for hydroxylation is 1. The molecule has 12 heteroatoms. The van der Waals surface area contributed by atoms with Gasteiger partial charge in [-0.1, -0.05) is 64.1 Å². The van der Waals surface area contributed by atoms with E-state index in [1.54, 1.807) is 13.2 Å². The molecule has 0 aliphatic carbocycles. The molecule has 1 N–H and O–H groups in total. The predicted octanol–water partition coefficient (Wildman–Crippen LogP) is 9.84. The lowest BCUT2D eigenvalue weighted by Gasteiger charge is -2.26. The smallest absolute Gasteiger partial charge is 0.260 e. The van der Waals surface area contributed by atoms with Crippen molar-refractivity contribution in [2.75, 3.05) is 59.2 Å². The van der Waals surface area contributed by atoms with Gasteiger partial charge in [0, 0.05) is 67.5 Å². The first kappa shape index (κ1) is 44.1. The molecule has 65 heavy (non-hydrogen) atoms. The van der Waals surface area contributed by atoms with Crippen LogP contribution in [0.1, 0.15) is 89.1 Å². The van der Waals surface area contributed by atoms with E-state index in [9.17, 15) is 14.4 Å². The largest absolute Gasteiger partial charge is 0.493 e. The summed E-state index contributed by atoms with van der Waals surface area (Å²) in [4.78, 5) is 50.1. The summed E-state index contributed by atoms with van der Waals surface area (Å²) in [7, 11) is 5.64. The Bertz CT molecular complexity index is 2680. The maximum absolute atomic E-state index is 14.2. The number of thioether (sulfide) groups is 1. The molecule has 4 heterocycles. The van der Waals surface area contributed by atoms with Crippen LogP contribution in [-0.2, 0) is 30.8 Å². The summed E-state index contributed by atoms with van der Waals surface area (Å²) >= 11 is 1.87. The van der Waals surface area contributed by atoms with Crippen LogP contribution < -0.4 is 39.1 Å². The summed E-state index contributed by atoms with van der Waals surface area (Å²) < 4.78 is 19.0. The Labute approximate surface area is 387 Å². The Kier molecular flexibility index (Phi) is 12.0. The Hall–Kier alpha value is -6.14. The molecule has 5 aromatic carbocycles. The van der Waals surface area contributed by atoms with Gasteiger partial charge in [0.05, 0.1) is 41.7 Å². The van der Waals surface area contributed by atoms with E-state index in [-0.39, 0.29) is 47.8 Å². The van der Waals surface area contributed by atoms with Crippen molar-refractivity contribution in [1.82, 2.24) is 0 Å². The minimum Gasteiger partial charge on any atom is -0.493 e. The summed E-state index contributed by atoms with van der Waals surface area (Å²) in [6, 6.07) is 29.9. The monoisotopic (exact) mass is 893 g/mol. The van der Waals surface area contributed by atoms with Crippen LogP contribution in [0.25, 0.3) is 0 Å². The molecule has 3 amide bonds. The van der Waals surface area contributed by atoms with Gasteiger partial charge in [0.1, 0.15) is 19.0 Å². The molecule has 0 saturated carbocycles. The molecule has 11 nitrogen and oxygen atoms in total. The van der Waals surface area contributed by atoms with E-state index < -0.39 is 0 Å². The third-order valence-corrected chi connectivity index (χ3v) is 14.4. The molecule has 0 saturated heterocycles. The molecule has 338 valence electrons. The average molecular weight is 894 g/mol. The zero-order valence-electron chi connectivity index (χ0n) is 38.7. The summed E-state index contributed by atoms with van der Waals surface area (Å²) in [6.07, 6.45) is 2.73. The number of amides is 3. The molecule has 0 aromatic heterocycles. The zero-order chi connectivity index (χ0) is 45.7. The fraction of sp³-hybridized carbons (Fsp3) is 0.377. The lowest BCUT2D eigenvalue weighted by molar-refractivity contribution is -0.116. The van der Waals surface area contributed by atoms with Crippen molar-refractivity contribution in [1.29, 1.82) is 0 Å². The second-order valence-corrected chi connectivity index (χ2v) is 21.1. The number of ether oxygens (including phenoxy) is 3. The van der Waals surface area contributed by atoms with Crippen molar-refractivity contribution in [2.24, 2.45) is 0 Å². The van der Waals surface area contributed by atoms with Gasteiger partial charge >= 0.3 is 0 Å². The summed E-state index contributed by atoms with van der Waals surface area (Å²) in [5, 5.41) is 3.63. The lowest BCUT2D eigenvalue weighted by atomic mass is 10.1. The van der Waals surface area contributed by atoms with E-state index in [1.165, 1.54) is 11.1 Å². The maximum atomic E-state index is 14.2. The molecule has 0 spiro atoms. The second kappa shape index (κ2) is 17.7. The van der Waals surface area contributed by atoms with Crippen LogP contribution in [0.15, 0.2) is 91.0 Å². The third-order valence-electron chi connectivity index (χ3n) is 13.0. The van der Waals surface area contributed by atoms with Crippen molar-refractivity contribution in [3.63, 3.8) is 0 Å². The van der Waals surface area contributed by atoms with E-state index >= 15 is 0 Å². The number of carbonyl (C=O) groups excluding carboxylic acids is 3. The highest BCUT2D eigenvalue weighted by Gasteiger charge is 2.41. The van der Waals surface area contributed by atoms with E-state index in [0.29, 0.717) is 58.8 Å². The fourth-order valence-electron chi connectivity index (χ4n) is 10.1. The van der Waals surface area contributed by atoms with E-state index in [1.807, 2.05) is 115 Å². The minimum atomic E-state index is -0.0620. The number of methoxy groups -OCH3 is 1. The minimum absolute atomic E-state index is 0.00342. The van der Waals surface area contributed by atoms with E-state index in [2.05, 4.69) is 54.9 Å². The number of nitrogens with one attached hydrogen (secondary N) is 1.